The molecule has 0 aromatic rings. The molecule has 0 radical (unpaired) electrons. The van der Waals surface area contributed by atoms with Crippen LogP contribution in [-0.4, -0.2) is 45.1 Å². The van der Waals surface area contributed by atoms with Gasteiger partial charge in [0, 0.05) is 6.61 Å². The molecule has 0 amide bonds. The normalized spacial score (nSPS) is 14.6. The Morgan fingerprint density at radius 1 is 0.920 bits per heavy atom. The first-order valence-electron chi connectivity index (χ1n) is 9.53. The summed E-state index contributed by atoms with van der Waals surface area (Å²) < 4.78 is 47.1. The van der Waals surface area contributed by atoms with E-state index >= 15 is 0 Å². The summed E-state index contributed by atoms with van der Waals surface area (Å²) in [6, 6.07) is 0. The first kappa shape index (κ1) is 24.8. The number of nitrogens with two attached hydrogens (primary N) is 1. The fourth-order valence-corrected chi connectivity index (χ4v) is 3.07. The largest absolute Gasteiger partial charge is 0.397 e. The number of hydrogen-bond acceptors (Lipinski definition) is 6. The van der Waals surface area contributed by atoms with Crippen LogP contribution < -0.4 is 5.73 Å². The number of rotatable bonds is 18. The first-order valence-corrected chi connectivity index (χ1v) is 10.9. The van der Waals surface area contributed by atoms with Crippen LogP contribution in [0.3, 0.4) is 0 Å². The highest BCUT2D eigenvalue weighted by Crippen LogP contribution is 2.18. The molecule has 0 spiro atoms. The van der Waals surface area contributed by atoms with Gasteiger partial charge in [0.15, 0.2) is 6.29 Å². The maximum absolute atomic E-state index is 11.1. The first-order chi connectivity index (χ1) is 11.9. The molecule has 0 fully saturated rings. The lowest BCUT2D eigenvalue weighted by Gasteiger charge is -2.25. The second-order valence-electron chi connectivity index (χ2n) is 6.16. The van der Waals surface area contributed by atoms with Crippen LogP contribution in [-0.2, 0) is 24.1 Å². The maximum atomic E-state index is 11.1. The molecule has 0 aromatic carbocycles. The molecule has 2 unspecified atom stereocenters. The highest BCUT2D eigenvalue weighted by molar-refractivity contribution is 7.80. The lowest BCUT2D eigenvalue weighted by molar-refractivity contribution is -0.187. The fraction of sp³-hybridized carbons (Fsp3) is 1.00. The van der Waals surface area contributed by atoms with Crippen molar-refractivity contribution in [2.24, 2.45) is 5.73 Å². The Labute approximate surface area is 153 Å². The predicted molar refractivity (Wildman–Crippen MR) is 98.7 cm³/mol. The van der Waals surface area contributed by atoms with Gasteiger partial charge in [-0.3, -0.25) is 4.55 Å². The molecule has 25 heavy (non-hydrogen) atoms. The van der Waals surface area contributed by atoms with Crippen molar-refractivity contribution < 1.29 is 26.6 Å². The van der Waals surface area contributed by atoms with E-state index in [0.717, 1.165) is 19.3 Å². The van der Waals surface area contributed by atoms with Crippen LogP contribution in [0.15, 0.2) is 0 Å². The molecular weight excluding hydrogens is 346 g/mol. The van der Waals surface area contributed by atoms with E-state index in [9.17, 15) is 8.42 Å². The number of ether oxygens (including phenoxy) is 2. The van der Waals surface area contributed by atoms with Gasteiger partial charge in [-0.1, -0.05) is 58.3 Å². The van der Waals surface area contributed by atoms with Gasteiger partial charge < -0.3 is 15.2 Å². The molecule has 0 heterocycles. The molecule has 0 saturated heterocycles. The zero-order valence-corrected chi connectivity index (χ0v) is 16.6. The van der Waals surface area contributed by atoms with Crippen molar-refractivity contribution in [2.75, 3.05) is 19.8 Å². The van der Waals surface area contributed by atoms with Crippen molar-refractivity contribution in [3.05, 3.63) is 0 Å². The van der Waals surface area contributed by atoms with Crippen LogP contribution in [0.1, 0.15) is 78.1 Å². The van der Waals surface area contributed by atoms with E-state index in [-0.39, 0.29) is 0 Å². The van der Waals surface area contributed by atoms with Gasteiger partial charge >= 0.3 is 10.4 Å². The lowest BCUT2D eigenvalue weighted by atomic mass is 10.1. The van der Waals surface area contributed by atoms with E-state index < -0.39 is 22.8 Å². The van der Waals surface area contributed by atoms with E-state index in [1.54, 1.807) is 6.92 Å². The topological polar surface area (TPSA) is 108 Å². The summed E-state index contributed by atoms with van der Waals surface area (Å²) in [7, 11) is -4.56. The Kier molecular flexibility index (Phi) is 15.8. The van der Waals surface area contributed by atoms with Gasteiger partial charge in [-0.25, -0.2) is 4.18 Å². The molecule has 7 nitrogen and oxygen atoms in total. The van der Waals surface area contributed by atoms with Crippen molar-refractivity contribution in [1.82, 2.24) is 0 Å². The third kappa shape index (κ3) is 15.7. The SMILES string of the molecule is CCCCCCCCCCC(OS(=O)(=O)O)C(OCC)OCCCN. The Balaban J connectivity index is 4.34. The summed E-state index contributed by atoms with van der Waals surface area (Å²) >= 11 is 0. The summed E-state index contributed by atoms with van der Waals surface area (Å²) in [4.78, 5) is 0. The van der Waals surface area contributed by atoms with Gasteiger partial charge in [-0.15, -0.1) is 0 Å². The molecule has 0 aliphatic heterocycles. The second-order valence-corrected chi connectivity index (χ2v) is 7.21. The van der Waals surface area contributed by atoms with Gasteiger partial charge in [0.2, 0.25) is 0 Å². The van der Waals surface area contributed by atoms with E-state index in [1.807, 2.05) is 0 Å². The number of unbranched alkanes of at least 4 members (excludes halogenated alkanes) is 7. The summed E-state index contributed by atoms with van der Waals surface area (Å²) in [5.74, 6) is 0. The monoisotopic (exact) mass is 383 g/mol. The molecule has 0 bridgehead atoms. The predicted octanol–water partition coefficient (Wildman–Crippen LogP) is 3.43. The Morgan fingerprint density at radius 3 is 2.04 bits per heavy atom. The molecule has 0 rings (SSSR count). The van der Waals surface area contributed by atoms with Crippen LogP contribution in [0.2, 0.25) is 0 Å². The summed E-state index contributed by atoms with van der Waals surface area (Å²) in [5.41, 5.74) is 5.44. The van der Waals surface area contributed by atoms with E-state index in [4.69, 9.17) is 23.9 Å². The van der Waals surface area contributed by atoms with E-state index in [1.165, 1.54) is 32.1 Å². The van der Waals surface area contributed by atoms with Crippen LogP contribution in [0.4, 0.5) is 0 Å². The minimum Gasteiger partial charge on any atom is -0.350 e. The molecular formula is C17H37NO6S. The maximum Gasteiger partial charge on any atom is 0.397 e. The van der Waals surface area contributed by atoms with Crippen molar-refractivity contribution in [3.8, 4) is 0 Å². The van der Waals surface area contributed by atoms with Crippen LogP contribution in [0.5, 0.6) is 0 Å². The molecule has 0 aliphatic carbocycles. The molecule has 8 heteroatoms. The van der Waals surface area contributed by atoms with Crippen LogP contribution in [0.25, 0.3) is 0 Å². The molecule has 2 atom stereocenters. The average molecular weight is 384 g/mol. The lowest BCUT2D eigenvalue weighted by Crippen LogP contribution is -2.36. The third-order valence-corrected chi connectivity index (χ3v) is 4.34. The molecule has 152 valence electrons. The third-order valence-electron chi connectivity index (χ3n) is 3.85. The number of hydrogen-bond donors (Lipinski definition) is 2. The van der Waals surface area contributed by atoms with Crippen molar-refractivity contribution in [1.29, 1.82) is 0 Å². The fourth-order valence-electron chi connectivity index (χ4n) is 2.58. The van der Waals surface area contributed by atoms with Crippen molar-refractivity contribution in [2.45, 2.75) is 90.4 Å². The van der Waals surface area contributed by atoms with Gasteiger partial charge in [0.05, 0.1) is 6.61 Å². The zero-order valence-electron chi connectivity index (χ0n) is 15.8. The summed E-state index contributed by atoms with van der Waals surface area (Å²) in [6.45, 7) is 5.17. The molecule has 0 aliphatic rings. The average Bonchev–Trinajstić information content (AvgIpc) is 2.54. The highest BCUT2D eigenvalue weighted by atomic mass is 32.3. The van der Waals surface area contributed by atoms with Gasteiger partial charge in [0.25, 0.3) is 0 Å². The van der Waals surface area contributed by atoms with Crippen LogP contribution in [0, 0.1) is 0 Å². The van der Waals surface area contributed by atoms with Crippen LogP contribution >= 0.6 is 0 Å². The van der Waals surface area contributed by atoms with Gasteiger partial charge in [-0.2, -0.15) is 8.42 Å². The van der Waals surface area contributed by atoms with Gasteiger partial charge in [0.1, 0.15) is 6.10 Å². The zero-order chi connectivity index (χ0) is 19.0. The van der Waals surface area contributed by atoms with E-state index in [0.29, 0.717) is 32.6 Å². The van der Waals surface area contributed by atoms with Crippen molar-refractivity contribution >= 4 is 10.4 Å². The molecule has 0 aromatic heterocycles. The van der Waals surface area contributed by atoms with Crippen molar-refractivity contribution in [3.63, 3.8) is 0 Å². The van der Waals surface area contributed by atoms with Gasteiger partial charge in [-0.05, 0) is 26.3 Å². The quantitative estimate of drug-likeness (QED) is 0.212. The minimum atomic E-state index is -4.56. The second kappa shape index (κ2) is 16.0. The Hall–Kier alpha value is -0.250. The standard InChI is InChI=1S/C17H37NO6S/c1-3-5-6-7-8-9-10-11-13-16(24-25(19,20)21)17(22-4-2)23-15-12-14-18/h16-17H,3-15,18H2,1-2H3,(H,19,20,21). The van der Waals surface area contributed by atoms with E-state index in [2.05, 4.69) is 6.92 Å². The Bertz CT molecular complexity index is 391. The Morgan fingerprint density at radius 2 is 1.52 bits per heavy atom. The molecule has 3 N–H and O–H groups in total. The summed E-state index contributed by atoms with van der Waals surface area (Å²) in [6.07, 6.45) is 8.49. The molecule has 0 saturated carbocycles. The smallest absolute Gasteiger partial charge is 0.350 e. The highest BCUT2D eigenvalue weighted by Gasteiger charge is 2.28. The summed E-state index contributed by atoms with van der Waals surface area (Å²) in [5, 5.41) is 0. The minimum absolute atomic E-state index is 0.351.